The summed E-state index contributed by atoms with van der Waals surface area (Å²) < 4.78 is 0. The lowest BCUT2D eigenvalue weighted by atomic mass is 10.0. The van der Waals surface area contributed by atoms with Crippen molar-refractivity contribution < 1.29 is 24.6 Å². The number of carboxylic acids is 1. The number of aromatic amines is 1. The Balaban J connectivity index is 1.49. The molecule has 0 spiro atoms. The number of nitrogens with one attached hydrogen (secondary N) is 2. The van der Waals surface area contributed by atoms with Gasteiger partial charge < -0.3 is 15.5 Å². The number of carbonyl (C=O) groups excluding carboxylic acids is 2. The largest absolute Gasteiger partial charge is 0.477 e. The number of fused-ring (bicyclic) bond motifs is 1. The van der Waals surface area contributed by atoms with E-state index in [0.717, 1.165) is 0 Å². The zero-order chi connectivity index (χ0) is 22.1. The Morgan fingerprint density at radius 1 is 1.35 bits per heavy atom. The first-order valence-electron chi connectivity index (χ1n) is 9.23. The third-order valence-corrected chi connectivity index (χ3v) is 7.28. The first-order valence-corrected chi connectivity index (χ1v) is 11.2. The predicted molar refractivity (Wildman–Crippen MR) is 111 cm³/mol. The molecule has 4 rings (SSSR count). The molecule has 1 aromatic heterocycles. The number of aliphatic carboxylic acids is 1. The topological polar surface area (TPSA) is 161 Å². The maximum absolute atomic E-state index is 12.8. The van der Waals surface area contributed by atoms with Gasteiger partial charge in [0.2, 0.25) is 5.16 Å². The van der Waals surface area contributed by atoms with Crippen LogP contribution in [0.3, 0.4) is 0 Å². The quantitative estimate of drug-likeness (QED) is 0.329. The van der Waals surface area contributed by atoms with Gasteiger partial charge in [-0.1, -0.05) is 42.1 Å². The van der Waals surface area contributed by atoms with E-state index >= 15 is 0 Å². The third kappa shape index (κ3) is 4.03. The van der Waals surface area contributed by atoms with Gasteiger partial charge in [-0.2, -0.15) is 5.21 Å². The second kappa shape index (κ2) is 8.69. The number of rotatable bonds is 7. The Labute approximate surface area is 184 Å². The minimum Gasteiger partial charge on any atom is -0.477 e. The van der Waals surface area contributed by atoms with Crippen LogP contribution < -0.4 is 5.32 Å². The summed E-state index contributed by atoms with van der Waals surface area (Å²) in [7, 11) is 0. The molecule has 31 heavy (non-hydrogen) atoms. The normalized spacial score (nSPS) is 22.4. The highest BCUT2D eigenvalue weighted by atomic mass is 32.2. The number of tetrazole rings is 1. The van der Waals surface area contributed by atoms with Crippen LogP contribution >= 0.6 is 23.5 Å². The molecule has 4 N–H and O–H groups in total. The van der Waals surface area contributed by atoms with Crippen molar-refractivity contribution in [3.8, 4) is 0 Å². The van der Waals surface area contributed by atoms with Gasteiger partial charge in [0.15, 0.2) is 6.10 Å². The Hall–Kier alpha value is -2.90. The molecule has 0 bridgehead atoms. The highest BCUT2D eigenvalue weighted by molar-refractivity contribution is 8.01. The van der Waals surface area contributed by atoms with Crippen LogP contribution in [-0.4, -0.2) is 75.9 Å². The second-order valence-corrected chi connectivity index (χ2v) is 9.26. The number of H-pyrrole nitrogens is 1. The number of aliphatic hydroxyl groups excluding tert-OH is 1. The molecule has 2 aromatic rings. The van der Waals surface area contributed by atoms with Gasteiger partial charge in [0.25, 0.3) is 11.8 Å². The molecule has 1 aromatic carbocycles. The smallest absolute Gasteiger partial charge is 0.352 e. The number of benzene rings is 1. The van der Waals surface area contributed by atoms with Gasteiger partial charge in [-0.15, -0.1) is 22.0 Å². The van der Waals surface area contributed by atoms with E-state index in [2.05, 4.69) is 25.9 Å². The summed E-state index contributed by atoms with van der Waals surface area (Å²) in [6, 6.07) is 7.45. The lowest BCUT2D eigenvalue weighted by molar-refractivity contribution is -0.151. The van der Waals surface area contributed by atoms with Crippen molar-refractivity contribution in [2.24, 2.45) is 0 Å². The summed E-state index contributed by atoms with van der Waals surface area (Å²) in [4.78, 5) is 38.4. The van der Waals surface area contributed by atoms with Crippen LogP contribution in [-0.2, 0) is 14.4 Å². The third-order valence-electron chi connectivity index (χ3n) is 4.96. The summed E-state index contributed by atoms with van der Waals surface area (Å²) in [6.45, 7) is 1.81. The second-order valence-electron chi connectivity index (χ2n) is 6.84. The molecular formula is C18H18N6O5S2. The first kappa shape index (κ1) is 21.3. The van der Waals surface area contributed by atoms with Crippen molar-refractivity contribution in [2.45, 2.75) is 34.8 Å². The minimum atomic E-state index is -1.42. The Morgan fingerprint density at radius 2 is 2.10 bits per heavy atom. The van der Waals surface area contributed by atoms with Gasteiger partial charge in [-0.25, -0.2) is 4.79 Å². The van der Waals surface area contributed by atoms with Crippen LogP contribution in [0.2, 0.25) is 0 Å². The van der Waals surface area contributed by atoms with E-state index < -0.39 is 35.3 Å². The van der Waals surface area contributed by atoms with Crippen molar-refractivity contribution >= 4 is 41.3 Å². The molecule has 2 aliphatic rings. The van der Waals surface area contributed by atoms with Crippen LogP contribution in [0, 0.1) is 0 Å². The molecule has 11 nitrogen and oxygen atoms in total. The lowest BCUT2D eigenvalue weighted by Gasteiger charge is -2.50. The lowest BCUT2D eigenvalue weighted by Crippen LogP contribution is -2.71. The van der Waals surface area contributed by atoms with Crippen LogP contribution in [0.5, 0.6) is 0 Å². The van der Waals surface area contributed by atoms with Crippen molar-refractivity contribution in [3.05, 3.63) is 47.2 Å². The zero-order valence-electron chi connectivity index (χ0n) is 16.1. The van der Waals surface area contributed by atoms with Gasteiger partial charge in [0.1, 0.15) is 17.1 Å². The predicted octanol–water partition coefficient (Wildman–Crippen LogP) is 0.153. The van der Waals surface area contributed by atoms with Crippen LogP contribution in [0.15, 0.2) is 46.8 Å². The van der Waals surface area contributed by atoms with Gasteiger partial charge in [-0.05, 0) is 23.3 Å². The van der Waals surface area contributed by atoms with Crippen LogP contribution in [0.4, 0.5) is 0 Å². The number of hydrogen-bond acceptors (Lipinski definition) is 9. The summed E-state index contributed by atoms with van der Waals surface area (Å²) in [5.41, 5.74) is 0.873. The van der Waals surface area contributed by atoms with Gasteiger partial charge in [0.05, 0.1) is 0 Å². The number of thioether (sulfide) groups is 2. The Morgan fingerprint density at radius 3 is 2.74 bits per heavy atom. The number of aliphatic hydroxyl groups is 1. The monoisotopic (exact) mass is 462 g/mol. The summed E-state index contributed by atoms with van der Waals surface area (Å²) >= 11 is 2.58. The van der Waals surface area contributed by atoms with E-state index in [1.54, 1.807) is 37.3 Å². The molecule has 4 atom stereocenters. The molecule has 3 unspecified atom stereocenters. The molecule has 0 radical (unpaired) electrons. The van der Waals surface area contributed by atoms with Crippen molar-refractivity contribution in [3.63, 3.8) is 0 Å². The highest BCUT2D eigenvalue weighted by Gasteiger charge is 2.54. The fraction of sp³-hybridized carbons (Fsp3) is 0.333. The number of carbonyl (C=O) groups is 3. The van der Waals surface area contributed by atoms with Crippen molar-refractivity contribution in [1.29, 1.82) is 0 Å². The Kier molecular flexibility index (Phi) is 5.98. The molecule has 0 aliphatic carbocycles. The molecule has 1 fully saturated rings. The van der Waals surface area contributed by atoms with E-state index in [1.807, 2.05) is 0 Å². The number of nitrogens with zero attached hydrogens (tertiary/aromatic N) is 4. The number of hydrogen-bond donors (Lipinski definition) is 4. The van der Waals surface area contributed by atoms with E-state index in [1.165, 1.54) is 28.4 Å². The first-order chi connectivity index (χ1) is 14.9. The summed E-state index contributed by atoms with van der Waals surface area (Å²) in [5, 5.41) is 35.6. The average molecular weight is 463 g/mol. The molecule has 13 heteroatoms. The van der Waals surface area contributed by atoms with Gasteiger partial charge in [0, 0.05) is 11.0 Å². The molecule has 162 valence electrons. The average Bonchev–Trinajstić information content (AvgIpc) is 3.29. The summed E-state index contributed by atoms with van der Waals surface area (Å²) in [5.74, 6) is -2.10. The number of amides is 2. The molecule has 2 amide bonds. The minimum absolute atomic E-state index is 0.0913. The molecule has 1 saturated heterocycles. The molecule has 0 saturated carbocycles. The SMILES string of the molecule is CC(Sc1nn[nH]n1)C1=C(C(=O)O)N2C(=O)C(NC(=O)C(O)c3ccccc3)[C@H]2SC1. The van der Waals surface area contributed by atoms with Crippen molar-refractivity contribution in [2.75, 3.05) is 5.75 Å². The number of carboxylic acid groups (broad SMARTS) is 1. The van der Waals surface area contributed by atoms with E-state index in [-0.39, 0.29) is 10.9 Å². The van der Waals surface area contributed by atoms with Crippen LogP contribution in [0.1, 0.15) is 18.6 Å². The highest BCUT2D eigenvalue weighted by Crippen LogP contribution is 2.43. The Bertz CT molecular complexity index is 1030. The van der Waals surface area contributed by atoms with Gasteiger partial charge in [-0.3, -0.25) is 14.5 Å². The van der Waals surface area contributed by atoms with Crippen molar-refractivity contribution in [1.82, 2.24) is 30.8 Å². The molecule has 2 aliphatic heterocycles. The van der Waals surface area contributed by atoms with E-state index in [0.29, 0.717) is 22.0 Å². The maximum Gasteiger partial charge on any atom is 0.352 e. The number of β-lactam (4-membered cyclic amide) rings is 1. The fourth-order valence-electron chi connectivity index (χ4n) is 3.40. The standard InChI is InChI=1S/C18H18N6O5S2/c1-8(31-18-20-22-23-21-18)10-7-30-16-11(15(27)24(16)12(10)17(28)29)19-14(26)13(25)9-5-3-2-4-6-9/h2-6,8,11,13,16,25H,7H2,1H3,(H,19,26)(H,28,29)(H,20,21,22,23)/t8?,11?,13?,16-/m1/s1. The zero-order valence-corrected chi connectivity index (χ0v) is 17.8. The van der Waals surface area contributed by atoms with Crippen LogP contribution in [0.25, 0.3) is 0 Å². The van der Waals surface area contributed by atoms with Gasteiger partial charge >= 0.3 is 5.97 Å². The maximum atomic E-state index is 12.8. The van der Waals surface area contributed by atoms with E-state index in [4.69, 9.17) is 0 Å². The summed E-state index contributed by atoms with van der Waals surface area (Å²) in [6.07, 6.45) is -1.42. The fourth-order valence-corrected chi connectivity index (χ4v) is 5.82. The molecular weight excluding hydrogens is 444 g/mol. The van der Waals surface area contributed by atoms with E-state index in [9.17, 15) is 24.6 Å². The number of aromatic nitrogens is 4. The molecule has 3 heterocycles.